The molecule has 0 aliphatic carbocycles. The zero-order valence-electron chi connectivity index (χ0n) is 10.3. The molecule has 0 aliphatic heterocycles. The Morgan fingerprint density at radius 2 is 1.90 bits per heavy atom. The van der Waals surface area contributed by atoms with Crippen molar-refractivity contribution >= 4 is 17.4 Å². The molecule has 7 heteroatoms. The van der Waals surface area contributed by atoms with Gasteiger partial charge in [-0.15, -0.1) is 0 Å². The smallest absolute Gasteiger partial charge is 0.272 e. The van der Waals surface area contributed by atoms with Crippen molar-refractivity contribution in [2.45, 2.75) is 0 Å². The van der Waals surface area contributed by atoms with Gasteiger partial charge in [0.15, 0.2) is 5.84 Å². The van der Waals surface area contributed by atoms with Crippen LogP contribution in [0.15, 0.2) is 52.4 Å². The monoisotopic (exact) mass is 272 g/mol. The maximum absolute atomic E-state index is 11.9. The number of benzene rings is 1. The molecule has 0 saturated carbocycles. The third-order valence-corrected chi connectivity index (χ3v) is 2.56. The first-order valence-electron chi connectivity index (χ1n) is 5.69. The summed E-state index contributed by atoms with van der Waals surface area (Å²) in [6.07, 6.45) is 0. The van der Waals surface area contributed by atoms with Gasteiger partial charge in [-0.1, -0.05) is 11.2 Å². The fourth-order valence-corrected chi connectivity index (χ4v) is 1.56. The van der Waals surface area contributed by atoms with Gasteiger partial charge in [0.25, 0.3) is 5.91 Å². The lowest BCUT2D eigenvalue weighted by Gasteiger charge is -2.06. The van der Waals surface area contributed by atoms with Crippen molar-refractivity contribution in [1.82, 2.24) is 4.98 Å². The van der Waals surface area contributed by atoms with Crippen molar-refractivity contribution in [3.63, 3.8) is 0 Å². The number of nitrogens with zero attached hydrogens (tertiary/aromatic N) is 1. The first kappa shape index (κ1) is 13.3. The molecule has 0 unspecified atom stereocenters. The molecule has 1 aromatic heterocycles. The number of nitrogens with one attached hydrogen (secondary N) is 2. The van der Waals surface area contributed by atoms with Crippen LogP contribution in [-0.4, -0.2) is 21.9 Å². The van der Waals surface area contributed by atoms with E-state index in [-0.39, 0.29) is 17.1 Å². The molecule has 1 aromatic carbocycles. The van der Waals surface area contributed by atoms with Gasteiger partial charge >= 0.3 is 0 Å². The Bertz CT molecular complexity index is 704. The number of carbonyl (C=O) groups is 1. The molecule has 2 aromatic rings. The largest absolute Gasteiger partial charge is 0.409 e. The van der Waals surface area contributed by atoms with Crippen LogP contribution in [0, 0.1) is 0 Å². The topological polar surface area (TPSA) is 121 Å². The molecule has 5 N–H and O–H groups in total. The predicted molar refractivity (Wildman–Crippen MR) is 74.0 cm³/mol. The molecule has 0 saturated heterocycles. The van der Waals surface area contributed by atoms with Gasteiger partial charge in [-0.2, -0.15) is 0 Å². The number of H-pyrrole nitrogens is 1. The van der Waals surface area contributed by atoms with Crippen LogP contribution in [-0.2, 0) is 0 Å². The number of oxime groups is 1. The van der Waals surface area contributed by atoms with Gasteiger partial charge < -0.3 is 21.2 Å². The van der Waals surface area contributed by atoms with E-state index in [9.17, 15) is 9.59 Å². The SMILES string of the molecule is N/C(=N/O)c1ccc(NC(=O)c2cccc(=O)[nH]2)cc1. The second-order valence-corrected chi connectivity index (χ2v) is 3.95. The number of hydrogen-bond donors (Lipinski definition) is 4. The molecule has 2 rings (SSSR count). The number of rotatable bonds is 3. The minimum atomic E-state index is -0.431. The molecule has 7 nitrogen and oxygen atoms in total. The van der Waals surface area contributed by atoms with Crippen LogP contribution in [0.4, 0.5) is 5.69 Å². The van der Waals surface area contributed by atoms with Crippen LogP contribution < -0.4 is 16.6 Å². The van der Waals surface area contributed by atoms with E-state index in [1.165, 1.54) is 18.2 Å². The maximum atomic E-state index is 11.9. The van der Waals surface area contributed by atoms with Crippen LogP contribution in [0.5, 0.6) is 0 Å². The summed E-state index contributed by atoms with van der Waals surface area (Å²) in [4.78, 5) is 25.4. The summed E-state index contributed by atoms with van der Waals surface area (Å²) >= 11 is 0. The van der Waals surface area contributed by atoms with Gasteiger partial charge in [0.05, 0.1) is 0 Å². The average molecular weight is 272 g/mol. The number of aromatic nitrogens is 1. The normalized spacial score (nSPS) is 11.1. The zero-order chi connectivity index (χ0) is 14.5. The average Bonchev–Trinajstić information content (AvgIpc) is 2.47. The molecule has 1 heterocycles. The molecule has 20 heavy (non-hydrogen) atoms. The van der Waals surface area contributed by atoms with Gasteiger partial charge in [0, 0.05) is 17.3 Å². The molecular weight excluding hydrogens is 260 g/mol. The van der Waals surface area contributed by atoms with Gasteiger partial charge in [-0.25, -0.2) is 0 Å². The Kier molecular flexibility index (Phi) is 3.80. The number of nitrogens with two attached hydrogens (primary N) is 1. The van der Waals surface area contributed by atoms with E-state index in [0.717, 1.165) is 0 Å². The predicted octanol–water partition coefficient (Wildman–Crippen LogP) is 0.722. The lowest BCUT2D eigenvalue weighted by atomic mass is 10.2. The highest BCUT2D eigenvalue weighted by atomic mass is 16.4. The maximum Gasteiger partial charge on any atom is 0.272 e. The highest BCUT2D eigenvalue weighted by Crippen LogP contribution is 2.10. The molecule has 0 spiro atoms. The quantitative estimate of drug-likeness (QED) is 0.285. The summed E-state index contributed by atoms with van der Waals surface area (Å²) in [5.74, 6) is -0.450. The molecule has 1 amide bonds. The van der Waals surface area contributed by atoms with Crippen LogP contribution in [0.1, 0.15) is 16.1 Å². The molecular formula is C13H12N4O3. The van der Waals surface area contributed by atoms with Crippen LogP contribution in [0.2, 0.25) is 0 Å². The Balaban J connectivity index is 2.14. The third-order valence-electron chi connectivity index (χ3n) is 2.56. The van der Waals surface area contributed by atoms with Gasteiger partial charge in [-0.05, 0) is 30.3 Å². The van der Waals surface area contributed by atoms with Crippen molar-refractivity contribution < 1.29 is 10.0 Å². The van der Waals surface area contributed by atoms with E-state index < -0.39 is 5.91 Å². The van der Waals surface area contributed by atoms with E-state index >= 15 is 0 Å². The van der Waals surface area contributed by atoms with Crippen molar-refractivity contribution in [3.05, 3.63) is 64.1 Å². The van der Waals surface area contributed by atoms with Crippen LogP contribution in [0.3, 0.4) is 0 Å². The van der Waals surface area contributed by atoms with Crippen molar-refractivity contribution in [1.29, 1.82) is 0 Å². The van der Waals surface area contributed by atoms with Crippen molar-refractivity contribution in [2.75, 3.05) is 5.32 Å². The number of amides is 1. The zero-order valence-corrected chi connectivity index (χ0v) is 10.3. The Morgan fingerprint density at radius 1 is 1.20 bits per heavy atom. The number of anilines is 1. The number of hydrogen-bond acceptors (Lipinski definition) is 4. The minimum Gasteiger partial charge on any atom is -0.409 e. The third kappa shape index (κ3) is 3.02. The van der Waals surface area contributed by atoms with Gasteiger partial charge in [0.1, 0.15) is 5.69 Å². The Labute approximate surface area is 113 Å². The molecule has 0 fully saturated rings. The summed E-state index contributed by atoms with van der Waals surface area (Å²) in [6.45, 7) is 0. The molecule has 102 valence electrons. The summed E-state index contributed by atoms with van der Waals surface area (Å²) in [5.41, 5.74) is 6.29. The van der Waals surface area contributed by atoms with E-state index in [4.69, 9.17) is 10.9 Å². The van der Waals surface area contributed by atoms with E-state index in [1.54, 1.807) is 24.3 Å². The fourth-order valence-electron chi connectivity index (χ4n) is 1.56. The molecule has 0 bridgehead atoms. The molecule has 0 atom stereocenters. The lowest BCUT2D eigenvalue weighted by Crippen LogP contribution is -2.18. The van der Waals surface area contributed by atoms with Gasteiger partial charge in [-0.3, -0.25) is 9.59 Å². The standard InChI is InChI=1S/C13H12N4O3/c14-12(17-20)8-4-6-9(7-5-8)15-13(19)10-2-1-3-11(18)16-10/h1-7,20H,(H2,14,17)(H,15,19)(H,16,18). The first-order chi connectivity index (χ1) is 9.60. The van der Waals surface area contributed by atoms with E-state index in [1.807, 2.05) is 0 Å². The van der Waals surface area contributed by atoms with Gasteiger partial charge in [0.2, 0.25) is 5.56 Å². The molecule has 0 aliphatic rings. The van der Waals surface area contributed by atoms with Crippen LogP contribution >= 0.6 is 0 Å². The van der Waals surface area contributed by atoms with E-state index in [0.29, 0.717) is 11.3 Å². The van der Waals surface area contributed by atoms with E-state index in [2.05, 4.69) is 15.5 Å². The summed E-state index contributed by atoms with van der Waals surface area (Å²) < 4.78 is 0. The first-order valence-corrected chi connectivity index (χ1v) is 5.69. The Morgan fingerprint density at radius 3 is 2.50 bits per heavy atom. The highest BCUT2D eigenvalue weighted by molar-refractivity contribution is 6.03. The van der Waals surface area contributed by atoms with Crippen molar-refractivity contribution in [3.8, 4) is 0 Å². The minimum absolute atomic E-state index is 0.0183. The number of aromatic amines is 1. The number of pyridine rings is 1. The fraction of sp³-hybridized carbons (Fsp3) is 0. The second kappa shape index (κ2) is 5.70. The summed E-state index contributed by atoms with van der Waals surface area (Å²) in [6, 6.07) is 10.7. The van der Waals surface area contributed by atoms with Crippen molar-refractivity contribution in [2.24, 2.45) is 10.9 Å². The second-order valence-electron chi connectivity index (χ2n) is 3.95. The summed E-state index contributed by atoms with van der Waals surface area (Å²) in [7, 11) is 0. The number of amidine groups is 1. The lowest BCUT2D eigenvalue weighted by molar-refractivity contribution is 0.102. The summed E-state index contributed by atoms with van der Waals surface area (Å²) in [5, 5.41) is 14.0. The Hall–Kier alpha value is -3.09. The highest BCUT2D eigenvalue weighted by Gasteiger charge is 2.07. The van der Waals surface area contributed by atoms with Crippen LogP contribution in [0.25, 0.3) is 0 Å². The molecule has 0 radical (unpaired) electrons. The number of carbonyl (C=O) groups excluding carboxylic acids is 1.